The van der Waals surface area contributed by atoms with Crippen molar-refractivity contribution in [3.8, 4) is 5.75 Å². The molecule has 0 aliphatic carbocycles. The van der Waals surface area contributed by atoms with Gasteiger partial charge in [-0.15, -0.1) is 0 Å². The zero-order valence-electron chi connectivity index (χ0n) is 19.3. The molecule has 0 unspecified atom stereocenters. The van der Waals surface area contributed by atoms with Crippen molar-refractivity contribution >= 4 is 56.3 Å². The van der Waals surface area contributed by atoms with E-state index >= 15 is 0 Å². The summed E-state index contributed by atoms with van der Waals surface area (Å²) in [5.74, 6) is -0.789. The van der Waals surface area contributed by atoms with Crippen molar-refractivity contribution in [3.05, 3.63) is 112 Å². The summed E-state index contributed by atoms with van der Waals surface area (Å²) in [5, 5.41) is 4.54. The summed E-state index contributed by atoms with van der Waals surface area (Å²) in [5.41, 5.74) is 3.11. The molecule has 1 fully saturated rings. The van der Waals surface area contributed by atoms with Gasteiger partial charge >= 0.3 is 6.03 Å². The van der Waals surface area contributed by atoms with Gasteiger partial charge in [0.25, 0.3) is 11.8 Å². The van der Waals surface area contributed by atoms with E-state index in [1.54, 1.807) is 48.5 Å². The van der Waals surface area contributed by atoms with Gasteiger partial charge in [0, 0.05) is 5.56 Å². The second-order valence-electron chi connectivity index (χ2n) is 8.35. The molecule has 0 radical (unpaired) electrons. The molecule has 4 amide bonds. The van der Waals surface area contributed by atoms with Gasteiger partial charge in [0.05, 0.1) is 10.2 Å². The third-order valence-corrected chi connectivity index (χ3v) is 6.65. The lowest BCUT2D eigenvalue weighted by Crippen LogP contribution is -2.54. The van der Waals surface area contributed by atoms with E-state index in [-0.39, 0.29) is 5.57 Å². The number of hydrogen-bond donors (Lipinski definition) is 1. The molecule has 1 N–H and O–H groups in total. The van der Waals surface area contributed by atoms with E-state index in [0.29, 0.717) is 28.1 Å². The van der Waals surface area contributed by atoms with Gasteiger partial charge in [-0.3, -0.25) is 14.9 Å². The van der Waals surface area contributed by atoms with Crippen molar-refractivity contribution in [1.29, 1.82) is 0 Å². The second-order valence-corrected chi connectivity index (χ2v) is 9.21. The summed E-state index contributed by atoms with van der Waals surface area (Å²) < 4.78 is 6.80. The van der Waals surface area contributed by atoms with E-state index in [0.717, 1.165) is 26.8 Å². The predicted octanol–water partition coefficient (Wildman–Crippen LogP) is 6.16. The Hall–Kier alpha value is -4.23. The molecule has 0 atom stereocenters. The smallest absolute Gasteiger partial charge is 0.335 e. The normalized spacial score (nSPS) is 14.9. The van der Waals surface area contributed by atoms with Crippen LogP contribution < -0.4 is 15.0 Å². The molecule has 36 heavy (non-hydrogen) atoms. The predicted molar refractivity (Wildman–Crippen MR) is 143 cm³/mol. The van der Waals surface area contributed by atoms with Crippen molar-refractivity contribution in [2.45, 2.75) is 13.5 Å². The molecule has 0 bridgehead atoms. The lowest BCUT2D eigenvalue weighted by molar-refractivity contribution is -0.122. The Labute approximate surface area is 216 Å². The third kappa shape index (κ3) is 4.53. The number of ether oxygens (including phenoxy) is 1. The summed E-state index contributed by atoms with van der Waals surface area (Å²) in [4.78, 5) is 38.8. The highest BCUT2D eigenvalue weighted by Gasteiger charge is 2.36. The van der Waals surface area contributed by atoms with E-state index in [9.17, 15) is 14.4 Å². The lowest BCUT2D eigenvalue weighted by atomic mass is 10.0. The van der Waals surface area contributed by atoms with Crippen LogP contribution in [-0.4, -0.2) is 17.8 Å². The molecule has 5 rings (SSSR count). The minimum absolute atomic E-state index is 0.134. The van der Waals surface area contributed by atoms with Gasteiger partial charge in [0.1, 0.15) is 17.9 Å². The van der Waals surface area contributed by atoms with Crippen molar-refractivity contribution in [1.82, 2.24) is 5.32 Å². The number of para-hydroxylation sites is 1. The quantitative estimate of drug-likeness (QED) is 0.243. The summed E-state index contributed by atoms with van der Waals surface area (Å²) >= 11 is 3.54. The standard InChI is InChI=1S/C29H21BrN2O4/c1-18-11-13-20-7-5-6-10-22(20)24(18)17-36-26-14-12-19(16-25(26)30)15-23-27(33)31-29(35)32(28(23)34)21-8-3-2-4-9-21/h2-16H,17H2,1H3,(H,31,33,35)/b23-15+. The number of urea groups is 1. The molecule has 1 saturated heterocycles. The molecule has 0 aromatic heterocycles. The molecule has 0 spiro atoms. The maximum Gasteiger partial charge on any atom is 0.335 e. The van der Waals surface area contributed by atoms with E-state index in [2.05, 4.69) is 52.4 Å². The third-order valence-electron chi connectivity index (χ3n) is 6.03. The topological polar surface area (TPSA) is 75.7 Å². The van der Waals surface area contributed by atoms with Crippen LogP contribution in [0, 0.1) is 6.92 Å². The summed E-state index contributed by atoms with van der Waals surface area (Å²) in [7, 11) is 0. The number of carbonyl (C=O) groups is 3. The Morgan fingerprint density at radius 3 is 2.44 bits per heavy atom. The number of nitrogens with zero attached hydrogens (tertiary/aromatic N) is 1. The molecular formula is C29H21BrN2O4. The first-order chi connectivity index (χ1) is 17.4. The molecule has 1 heterocycles. The Bertz CT molecular complexity index is 1550. The fourth-order valence-corrected chi connectivity index (χ4v) is 4.66. The van der Waals surface area contributed by atoms with Crippen LogP contribution in [0.4, 0.5) is 10.5 Å². The number of fused-ring (bicyclic) bond motifs is 1. The molecular weight excluding hydrogens is 520 g/mol. The molecule has 178 valence electrons. The van der Waals surface area contributed by atoms with Crippen LogP contribution in [0.5, 0.6) is 5.75 Å². The Kier molecular flexibility index (Phi) is 6.40. The number of rotatable bonds is 5. The Morgan fingerprint density at radius 1 is 0.917 bits per heavy atom. The first kappa shape index (κ1) is 23.5. The van der Waals surface area contributed by atoms with Crippen LogP contribution in [0.2, 0.25) is 0 Å². The van der Waals surface area contributed by atoms with Crippen molar-refractivity contribution in [2.75, 3.05) is 4.90 Å². The number of halogens is 1. The van der Waals surface area contributed by atoms with Crippen LogP contribution in [-0.2, 0) is 16.2 Å². The van der Waals surface area contributed by atoms with E-state index in [1.165, 1.54) is 6.08 Å². The minimum Gasteiger partial charge on any atom is -0.488 e. The fourth-order valence-electron chi connectivity index (χ4n) is 4.15. The Balaban J connectivity index is 1.39. The van der Waals surface area contributed by atoms with E-state index in [4.69, 9.17) is 4.74 Å². The molecule has 1 aliphatic rings. The van der Waals surface area contributed by atoms with Crippen molar-refractivity contribution in [2.24, 2.45) is 0 Å². The number of benzene rings is 4. The molecule has 0 saturated carbocycles. The second kappa shape index (κ2) is 9.79. The van der Waals surface area contributed by atoms with E-state index < -0.39 is 17.8 Å². The molecule has 4 aromatic rings. The van der Waals surface area contributed by atoms with Crippen LogP contribution in [0.3, 0.4) is 0 Å². The number of carbonyl (C=O) groups excluding carboxylic acids is 3. The monoisotopic (exact) mass is 540 g/mol. The number of barbiturate groups is 1. The fraction of sp³-hybridized carbons (Fsp3) is 0.0690. The summed E-state index contributed by atoms with van der Waals surface area (Å²) in [6.45, 7) is 2.45. The van der Waals surface area contributed by atoms with Crippen LogP contribution >= 0.6 is 15.9 Å². The zero-order valence-corrected chi connectivity index (χ0v) is 20.9. The maximum absolute atomic E-state index is 13.0. The minimum atomic E-state index is -0.776. The first-order valence-corrected chi connectivity index (χ1v) is 12.1. The van der Waals surface area contributed by atoms with Crippen LogP contribution in [0.15, 0.2) is 95.0 Å². The van der Waals surface area contributed by atoms with Gasteiger partial charge in [-0.05, 0) is 75.1 Å². The molecule has 4 aromatic carbocycles. The van der Waals surface area contributed by atoms with E-state index in [1.807, 2.05) is 12.1 Å². The number of aryl methyl sites for hydroxylation is 1. The lowest BCUT2D eigenvalue weighted by Gasteiger charge is -2.26. The first-order valence-electron chi connectivity index (χ1n) is 11.3. The van der Waals surface area contributed by atoms with Gasteiger partial charge in [0.15, 0.2) is 0 Å². The Morgan fingerprint density at radius 2 is 1.67 bits per heavy atom. The zero-order chi connectivity index (χ0) is 25.2. The van der Waals surface area contributed by atoms with Crippen molar-refractivity contribution in [3.63, 3.8) is 0 Å². The van der Waals surface area contributed by atoms with Gasteiger partial charge in [-0.2, -0.15) is 0 Å². The van der Waals surface area contributed by atoms with Gasteiger partial charge in [0.2, 0.25) is 0 Å². The number of anilines is 1. The number of nitrogens with one attached hydrogen (secondary N) is 1. The van der Waals surface area contributed by atoms with Crippen LogP contribution in [0.1, 0.15) is 16.7 Å². The number of hydrogen-bond acceptors (Lipinski definition) is 4. The average molecular weight is 541 g/mol. The number of imide groups is 2. The highest BCUT2D eigenvalue weighted by Crippen LogP contribution is 2.30. The molecule has 7 heteroatoms. The maximum atomic E-state index is 13.0. The SMILES string of the molecule is Cc1ccc2ccccc2c1COc1ccc(/C=C2\C(=O)NC(=O)N(c3ccccc3)C2=O)cc1Br. The average Bonchev–Trinajstić information content (AvgIpc) is 2.87. The molecule has 1 aliphatic heterocycles. The summed E-state index contributed by atoms with van der Waals surface area (Å²) in [6.07, 6.45) is 1.46. The van der Waals surface area contributed by atoms with Gasteiger partial charge in [-0.1, -0.05) is 60.7 Å². The largest absolute Gasteiger partial charge is 0.488 e. The van der Waals surface area contributed by atoms with Crippen LogP contribution in [0.25, 0.3) is 16.8 Å². The summed E-state index contributed by atoms with van der Waals surface area (Å²) in [6, 6.07) is 25.4. The highest BCUT2D eigenvalue weighted by atomic mass is 79.9. The van der Waals surface area contributed by atoms with Gasteiger partial charge in [-0.25, -0.2) is 9.69 Å². The van der Waals surface area contributed by atoms with Crippen molar-refractivity contribution < 1.29 is 19.1 Å². The molecule has 6 nitrogen and oxygen atoms in total. The highest BCUT2D eigenvalue weighted by molar-refractivity contribution is 9.10. The number of amides is 4. The van der Waals surface area contributed by atoms with Gasteiger partial charge < -0.3 is 4.74 Å².